The molecule has 0 aliphatic carbocycles. The van der Waals surface area contributed by atoms with E-state index in [4.69, 9.17) is 16.3 Å². The van der Waals surface area contributed by atoms with Crippen molar-refractivity contribution in [2.75, 3.05) is 38.2 Å². The number of hydrogen-bond donors (Lipinski definition) is 0. The van der Waals surface area contributed by atoms with Gasteiger partial charge in [-0.05, 0) is 42.0 Å². The molecule has 6 nitrogen and oxygen atoms in total. The highest BCUT2D eigenvalue weighted by Gasteiger charge is 2.43. The van der Waals surface area contributed by atoms with Crippen LogP contribution >= 0.6 is 11.6 Å². The van der Waals surface area contributed by atoms with Crippen molar-refractivity contribution in [3.05, 3.63) is 59.1 Å². The van der Waals surface area contributed by atoms with Crippen LogP contribution in [0.15, 0.2) is 48.5 Å². The van der Waals surface area contributed by atoms with Crippen LogP contribution in [-0.4, -0.2) is 60.9 Å². The molecule has 0 bridgehead atoms. The Kier molecular flexibility index (Phi) is 5.85. The number of piperazine rings is 1. The standard InChI is InChI=1S/C22H24ClN3O3/c1-29-19-8-6-18(7-9-19)26-21(27)14-20(22(26)28)25-12-10-24(11-13-25)15-16-2-4-17(23)5-3-16/h2-9,20H,10-15H2,1H3. The van der Waals surface area contributed by atoms with Gasteiger partial charge in [-0.3, -0.25) is 19.4 Å². The number of ether oxygens (including phenoxy) is 1. The first-order chi connectivity index (χ1) is 14.0. The van der Waals surface area contributed by atoms with Crippen molar-refractivity contribution in [2.24, 2.45) is 0 Å². The van der Waals surface area contributed by atoms with Crippen molar-refractivity contribution < 1.29 is 14.3 Å². The lowest BCUT2D eigenvalue weighted by atomic mass is 10.1. The molecule has 2 saturated heterocycles. The molecule has 2 heterocycles. The third kappa shape index (κ3) is 4.29. The van der Waals surface area contributed by atoms with E-state index in [1.165, 1.54) is 10.5 Å². The largest absolute Gasteiger partial charge is 0.497 e. The summed E-state index contributed by atoms with van der Waals surface area (Å²) in [6, 6.07) is 14.6. The maximum Gasteiger partial charge on any atom is 0.251 e. The van der Waals surface area contributed by atoms with Gasteiger partial charge in [0.05, 0.1) is 25.3 Å². The van der Waals surface area contributed by atoms with Crippen molar-refractivity contribution in [1.82, 2.24) is 9.80 Å². The zero-order chi connectivity index (χ0) is 20.4. The summed E-state index contributed by atoms with van der Waals surface area (Å²) in [5.74, 6) is 0.418. The smallest absolute Gasteiger partial charge is 0.251 e. The SMILES string of the molecule is COc1ccc(N2C(=O)CC(N3CCN(Cc4ccc(Cl)cc4)CC3)C2=O)cc1. The Labute approximate surface area is 175 Å². The van der Waals surface area contributed by atoms with Gasteiger partial charge in [0.1, 0.15) is 5.75 Å². The zero-order valence-electron chi connectivity index (χ0n) is 16.4. The predicted molar refractivity (Wildman–Crippen MR) is 112 cm³/mol. The van der Waals surface area contributed by atoms with Gasteiger partial charge in [0.2, 0.25) is 5.91 Å². The second kappa shape index (κ2) is 8.53. The van der Waals surface area contributed by atoms with Crippen molar-refractivity contribution in [3.63, 3.8) is 0 Å². The molecular formula is C22H24ClN3O3. The molecule has 0 spiro atoms. The highest BCUT2D eigenvalue weighted by Crippen LogP contribution is 2.28. The maximum absolute atomic E-state index is 13.0. The van der Waals surface area contributed by atoms with Crippen LogP contribution in [0.25, 0.3) is 0 Å². The van der Waals surface area contributed by atoms with Gasteiger partial charge in [-0.25, -0.2) is 4.90 Å². The second-order valence-electron chi connectivity index (χ2n) is 7.42. The van der Waals surface area contributed by atoms with Gasteiger partial charge in [-0.15, -0.1) is 0 Å². The van der Waals surface area contributed by atoms with Crippen molar-refractivity contribution in [1.29, 1.82) is 0 Å². The molecule has 1 atom stereocenters. The molecule has 2 aromatic carbocycles. The monoisotopic (exact) mass is 413 g/mol. The number of nitrogens with zero attached hydrogens (tertiary/aromatic N) is 3. The molecule has 2 aliphatic rings. The highest BCUT2D eigenvalue weighted by atomic mass is 35.5. The minimum absolute atomic E-state index is 0.133. The molecule has 152 valence electrons. The summed E-state index contributed by atoms with van der Waals surface area (Å²) < 4.78 is 5.15. The molecule has 0 N–H and O–H groups in total. The van der Waals surface area contributed by atoms with E-state index in [1.54, 1.807) is 31.4 Å². The molecule has 29 heavy (non-hydrogen) atoms. The number of carbonyl (C=O) groups is 2. The lowest BCUT2D eigenvalue weighted by Crippen LogP contribution is -2.52. The summed E-state index contributed by atoms with van der Waals surface area (Å²) >= 11 is 5.95. The van der Waals surface area contributed by atoms with Crippen LogP contribution < -0.4 is 9.64 Å². The minimum Gasteiger partial charge on any atom is -0.497 e. The molecule has 0 aromatic heterocycles. The number of amides is 2. The van der Waals surface area contributed by atoms with Gasteiger partial charge >= 0.3 is 0 Å². The van der Waals surface area contributed by atoms with Gasteiger partial charge in [0, 0.05) is 37.7 Å². The highest BCUT2D eigenvalue weighted by molar-refractivity contribution is 6.30. The number of carbonyl (C=O) groups excluding carboxylic acids is 2. The normalized spacial score (nSPS) is 21.0. The van der Waals surface area contributed by atoms with Crippen LogP contribution in [0.3, 0.4) is 0 Å². The lowest BCUT2D eigenvalue weighted by Gasteiger charge is -2.37. The van der Waals surface area contributed by atoms with Gasteiger partial charge in [0.15, 0.2) is 0 Å². The molecule has 1 unspecified atom stereocenters. The Morgan fingerprint density at radius 1 is 0.966 bits per heavy atom. The van der Waals surface area contributed by atoms with Crippen LogP contribution in [-0.2, 0) is 16.1 Å². The summed E-state index contributed by atoms with van der Waals surface area (Å²) in [4.78, 5) is 31.3. The van der Waals surface area contributed by atoms with Crippen LogP contribution in [0.4, 0.5) is 5.69 Å². The van der Waals surface area contributed by atoms with E-state index in [1.807, 2.05) is 24.3 Å². The Bertz CT molecular complexity index is 877. The van der Waals surface area contributed by atoms with E-state index in [2.05, 4.69) is 9.80 Å². The molecule has 0 saturated carbocycles. The van der Waals surface area contributed by atoms with E-state index in [9.17, 15) is 9.59 Å². The number of rotatable bonds is 5. The number of hydrogen-bond acceptors (Lipinski definition) is 5. The molecule has 2 fully saturated rings. The number of anilines is 1. The average molecular weight is 414 g/mol. The maximum atomic E-state index is 13.0. The number of halogens is 1. The summed E-state index contributed by atoms with van der Waals surface area (Å²) in [6.07, 6.45) is 0.238. The molecule has 7 heteroatoms. The number of methoxy groups -OCH3 is 1. The molecule has 2 aliphatic heterocycles. The first-order valence-electron chi connectivity index (χ1n) is 9.77. The summed E-state index contributed by atoms with van der Waals surface area (Å²) in [6.45, 7) is 4.13. The number of imide groups is 1. The first kappa shape index (κ1) is 19.9. The molecule has 0 radical (unpaired) electrons. The van der Waals surface area contributed by atoms with E-state index < -0.39 is 0 Å². The fourth-order valence-electron chi connectivity index (χ4n) is 3.98. The van der Waals surface area contributed by atoms with Crippen LogP contribution in [0.5, 0.6) is 5.75 Å². The average Bonchev–Trinajstić information content (AvgIpc) is 3.04. The summed E-state index contributed by atoms with van der Waals surface area (Å²) in [5.41, 5.74) is 1.82. The van der Waals surface area contributed by atoms with Gasteiger partial charge in [0.25, 0.3) is 5.91 Å². The predicted octanol–water partition coefficient (Wildman–Crippen LogP) is 2.80. The van der Waals surface area contributed by atoms with E-state index in [0.717, 1.165) is 37.7 Å². The minimum atomic E-state index is -0.373. The molecular weight excluding hydrogens is 390 g/mol. The van der Waals surface area contributed by atoms with E-state index in [-0.39, 0.29) is 24.3 Å². The Morgan fingerprint density at radius 3 is 2.24 bits per heavy atom. The zero-order valence-corrected chi connectivity index (χ0v) is 17.1. The molecule has 4 rings (SSSR count). The number of benzene rings is 2. The van der Waals surface area contributed by atoms with Gasteiger partial charge in [-0.2, -0.15) is 0 Å². The van der Waals surface area contributed by atoms with Gasteiger partial charge in [-0.1, -0.05) is 23.7 Å². The Hall–Kier alpha value is -2.41. The Balaban J connectivity index is 1.36. The second-order valence-corrected chi connectivity index (χ2v) is 7.86. The fourth-order valence-corrected chi connectivity index (χ4v) is 4.11. The summed E-state index contributed by atoms with van der Waals surface area (Å²) in [5, 5.41) is 0.740. The lowest BCUT2D eigenvalue weighted by molar-refractivity contribution is -0.123. The van der Waals surface area contributed by atoms with Gasteiger partial charge < -0.3 is 4.74 Å². The quantitative estimate of drug-likeness (QED) is 0.705. The van der Waals surface area contributed by atoms with Crippen molar-refractivity contribution >= 4 is 29.1 Å². The van der Waals surface area contributed by atoms with Crippen LogP contribution in [0.2, 0.25) is 5.02 Å². The van der Waals surface area contributed by atoms with E-state index >= 15 is 0 Å². The summed E-state index contributed by atoms with van der Waals surface area (Å²) in [7, 11) is 1.59. The molecule has 2 aromatic rings. The fraction of sp³-hybridized carbons (Fsp3) is 0.364. The van der Waals surface area contributed by atoms with Crippen LogP contribution in [0.1, 0.15) is 12.0 Å². The first-order valence-corrected chi connectivity index (χ1v) is 10.1. The van der Waals surface area contributed by atoms with Crippen molar-refractivity contribution in [2.45, 2.75) is 19.0 Å². The third-order valence-electron chi connectivity index (χ3n) is 5.62. The topological polar surface area (TPSA) is 53.1 Å². The third-order valence-corrected chi connectivity index (χ3v) is 5.87. The van der Waals surface area contributed by atoms with E-state index in [0.29, 0.717) is 11.4 Å². The van der Waals surface area contributed by atoms with Crippen molar-refractivity contribution in [3.8, 4) is 5.75 Å². The Morgan fingerprint density at radius 2 is 1.62 bits per heavy atom. The van der Waals surface area contributed by atoms with Crippen LogP contribution in [0, 0.1) is 0 Å². The molecule has 2 amide bonds.